The third-order valence-corrected chi connectivity index (χ3v) is 3.37. The standard InChI is InChI=1S/C14H22N2/c15-10-14(13-4-2-1-3-5-13)11-16-9-8-12-6-7-12/h1-5,12,14,16H,6-11,15H2. The van der Waals surface area contributed by atoms with Gasteiger partial charge in [-0.3, -0.25) is 0 Å². The van der Waals surface area contributed by atoms with Gasteiger partial charge in [-0.2, -0.15) is 0 Å². The molecule has 1 atom stereocenters. The Morgan fingerprint density at radius 2 is 2.00 bits per heavy atom. The molecule has 2 nitrogen and oxygen atoms in total. The summed E-state index contributed by atoms with van der Waals surface area (Å²) >= 11 is 0. The first-order chi connectivity index (χ1) is 7.90. The summed E-state index contributed by atoms with van der Waals surface area (Å²) in [4.78, 5) is 0. The largest absolute Gasteiger partial charge is 0.330 e. The molecule has 0 amide bonds. The van der Waals surface area contributed by atoms with Crippen molar-refractivity contribution in [1.29, 1.82) is 0 Å². The van der Waals surface area contributed by atoms with Crippen LogP contribution in [0.3, 0.4) is 0 Å². The minimum atomic E-state index is 0.459. The number of rotatable bonds is 7. The van der Waals surface area contributed by atoms with E-state index in [1.54, 1.807) is 0 Å². The molecular formula is C14H22N2. The maximum absolute atomic E-state index is 5.82. The fourth-order valence-electron chi connectivity index (χ4n) is 2.05. The van der Waals surface area contributed by atoms with Crippen molar-refractivity contribution >= 4 is 0 Å². The minimum Gasteiger partial charge on any atom is -0.330 e. The molecule has 16 heavy (non-hydrogen) atoms. The Morgan fingerprint density at radius 3 is 2.62 bits per heavy atom. The topological polar surface area (TPSA) is 38.0 Å². The molecule has 1 aliphatic carbocycles. The second-order valence-electron chi connectivity index (χ2n) is 4.78. The summed E-state index contributed by atoms with van der Waals surface area (Å²) in [6.45, 7) is 2.88. The summed E-state index contributed by atoms with van der Waals surface area (Å²) in [7, 11) is 0. The van der Waals surface area contributed by atoms with Crippen LogP contribution in [-0.2, 0) is 0 Å². The maximum Gasteiger partial charge on any atom is 0.00863 e. The summed E-state index contributed by atoms with van der Waals surface area (Å²) in [5, 5.41) is 3.53. The van der Waals surface area contributed by atoms with E-state index < -0.39 is 0 Å². The van der Waals surface area contributed by atoms with Crippen LogP contribution in [0, 0.1) is 5.92 Å². The molecule has 2 heteroatoms. The van der Waals surface area contributed by atoms with Crippen LogP contribution in [0.25, 0.3) is 0 Å². The van der Waals surface area contributed by atoms with E-state index in [4.69, 9.17) is 5.73 Å². The molecule has 1 aromatic carbocycles. The smallest absolute Gasteiger partial charge is 0.00863 e. The van der Waals surface area contributed by atoms with E-state index in [2.05, 4.69) is 35.6 Å². The van der Waals surface area contributed by atoms with Crippen molar-refractivity contribution in [1.82, 2.24) is 5.32 Å². The molecule has 0 spiro atoms. The highest BCUT2D eigenvalue weighted by atomic mass is 14.9. The normalized spacial score (nSPS) is 17.3. The van der Waals surface area contributed by atoms with E-state index >= 15 is 0 Å². The number of nitrogens with two attached hydrogens (primary N) is 1. The minimum absolute atomic E-state index is 0.459. The van der Waals surface area contributed by atoms with Crippen molar-refractivity contribution in [2.45, 2.75) is 25.2 Å². The zero-order valence-electron chi connectivity index (χ0n) is 9.86. The highest BCUT2D eigenvalue weighted by Gasteiger charge is 2.20. The van der Waals surface area contributed by atoms with Gasteiger partial charge in [-0.05, 0) is 24.4 Å². The van der Waals surface area contributed by atoms with Crippen molar-refractivity contribution in [2.75, 3.05) is 19.6 Å². The number of hydrogen-bond acceptors (Lipinski definition) is 2. The number of benzene rings is 1. The van der Waals surface area contributed by atoms with Crippen molar-refractivity contribution in [3.05, 3.63) is 35.9 Å². The lowest BCUT2D eigenvalue weighted by atomic mass is 9.99. The quantitative estimate of drug-likeness (QED) is 0.688. The van der Waals surface area contributed by atoms with E-state index in [1.165, 1.54) is 24.8 Å². The Bertz CT molecular complexity index is 293. The lowest BCUT2D eigenvalue weighted by molar-refractivity contribution is 0.558. The van der Waals surface area contributed by atoms with Gasteiger partial charge in [-0.25, -0.2) is 0 Å². The molecule has 1 unspecified atom stereocenters. The Hall–Kier alpha value is -0.860. The molecule has 1 aliphatic rings. The Labute approximate surface area is 98.2 Å². The van der Waals surface area contributed by atoms with Crippen LogP contribution >= 0.6 is 0 Å². The van der Waals surface area contributed by atoms with Gasteiger partial charge >= 0.3 is 0 Å². The molecule has 2 rings (SSSR count). The van der Waals surface area contributed by atoms with Gasteiger partial charge < -0.3 is 11.1 Å². The first-order valence-corrected chi connectivity index (χ1v) is 6.36. The average molecular weight is 218 g/mol. The molecule has 0 bridgehead atoms. The van der Waals surface area contributed by atoms with Crippen LogP contribution in [0.2, 0.25) is 0 Å². The van der Waals surface area contributed by atoms with Gasteiger partial charge in [-0.15, -0.1) is 0 Å². The Balaban J connectivity index is 1.72. The van der Waals surface area contributed by atoms with Gasteiger partial charge in [-0.1, -0.05) is 43.2 Å². The van der Waals surface area contributed by atoms with Gasteiger partial charge in [0, 0.05) is 19.0 Å². The first kappa shape index (κ1) is 11.6. The van der Waals surface area contributed by atoms with E-state index in [1.807, 2.05) is 0 Å². The van der Waals surface area contributed by atoms with Crippen LogP contribution < -0.4 is 11.1 Å². The van der Waals surface area contributed by atoms with Crippen LogP contribution in [0.15, 0.2) is 30.3 Å². The molecule has 1 saturated carbocycles. The zero-order chi connectivity index (χ0) is 11.2. The fraction of sp³-hybridized carbons (Fsp3) is 0.571. The summed E-state index contributed by atoms with van der Waals surface area (Å²) in [6, 6.07) is 10.6. The van der Waals surface area contributed by atoms with Gasteiger partial charge in [0.2, 0.25) is 0 Å². The van der Waals surface area contributed by atoms with Gasteiger partial charge in [0.15, 0.2) is 0 Å². The Morgan fingerprint density at radius 1 is 1.25 bits per heavy atom. The molecule has 1 fully saturated rings. The van der Waals surface area contributed by atoms with Gasteiger partial charge in [0.25, 0.3) is 0 Å². The van der Waals surface area contributed by atoms with Crippen LogP contribution in [-0.4, -0.2) is 19.6 Å². The average Bonchev–Trinajstić information content (AvgIpc) is 3.14. The van der Waals surface area contributed by atoms with Gasteiger partial charge in [0.1, 0.15) is 0 Å². The predicted molar refractivity (Wildman–Crippen MR) is 68.4 cm³/mol. The van der Waals surface area contributed by atoms with Crippen molar-refractivity contribution in [3.8, 4) is 0 Å². The van der Waals surface area contributed by atoms with Crippen LogP contribution in [0.1, 0.15) is 30.7 Å². The monoisotopic (exact) mass is 218 g/mol. The zero-order valence-corrected chi connectivity index (χ0v) is 9.86. The number of nitrogens with one attached hydrogen (secondary N) is 1. The molecule has 0 saturated heterocycles. The highest BCUT2D eigenvalue weighted by Crippen LogP contribution is 2.31. The lowest BCUT2D eigenvalue weighted by Crippen LogP contribution is -2.27. The lowest BCUT2D eigenvalue weighted by Gasteiger charge is -2.15. The van der Waals surface area contributed by atoms with Crippen molar-refractivity contribution in [2.24, 2.45) is 11.7 Å². The van der Waals surface area contributed by atoms with Crippen LogP contribution in [0.5, 0.6) is 0 Å². The number of hydrogen-bond donors (Lipinski definition) is 2. The molecule has 0 aromatic heterocycles. The predicted octanol–water partition coefficient (Wildman–Crippen LogP) is 2.12. The van der Waals surface area contributed by atoms with Crippen LogP contribution in [0.4, 0.5) is 0 Å². The first-order valence-electron chi connectivity index (χ1n) is 6.36. The second-order valence-corrected chi connectivity index (χ2v) is 4.78. The van der Waals surface area contributed by atoms with Crippen molar-refractivity contribution in [3.63, 3.8) is 0 Å². The fourth-order valence-corrected chi connectivity index (χ4v) is 2.05. The maximum atomic E-state index is 5.82. The highest BCUT2D eigenvalue weighted by molar-refractivity contribution is 5.20. The second kappa shape index (κ2) is 6.02. The molecule has 0 aliphatic heterocycles. The summed E-state index contributed by atoms with van der Waals surface area (Å²) < 4.78 is 0. The Kier molecular flexibility index (Phi) is 4.37. The van der Waals surface area contributed by atoms with E-state index in [9.17, 15) is 0 Å². The van der Waals surface area contributed by atoms with Crippen molar-refractivity contribution < 1.29 is 0 Å². The van der Waals surface area contributed by atoms with Gasteiger partial charge in [0.05, 0.1) is 0 Å². The third kappa shape index (κ3) is 3.62. The summed E-state index contributed by atoms with van der Waals surface area (Å²) in [5.74, 6) is 1.47. The third-order valence-electron chi connectivity index (χ3n) is 3.37. The molecule has 1 aromatic rings. The molecule has 0 heterocycles. The molecule has 88 valence electrons. The molecular weight excluding hydrogens is 196 g/mol. The summed E-state index contributed by atoms with van der Waals surface area (Å²) in [6.07, 6.45) is 4.23. The van der Waals surface area contributed by atoms with E-state index in [0.717, 1.165) is 25.6 Å². The van der Waals surface area contributed by atoms with E-state index in [-0.39, 0.29) is 0 Å². The SMILES string of the molecule is NCC(CNCCC1CC1)c1ccccc1. The van der Waals surface area contributed by atoms with E-state index in [0.29, 0.717) is 5.92 Å². The summed E-state index contributed by atoms with van der Waals surface area (Å²) in [5.41, 5.74) is 7.17. The molecule has 3 N–H and O–H groups in total. The molecule has 0 radical (unpaired) electrons.